The van der Waals surface area contributed by atoms with Gasteiger partial charge in [0.25, 0.3) is 0 Å². The predicted molar refractivity (Wildman–Crippen MR) is 62.8 cm³/mol. The summed E-state index contributed by atoms with van der Waals surface area (Å²) in [5, 5.41) is 3.96. The van der Waals surface area contributed by atoms with Gasteiger partial charge < -0.3 is 5.73 Å². The molecule has 0 saturated carbocycles. The molecule has 0 unspecified atom stereocenters. The Morgan fingerprint density at radius 2 is 1.94 bits per heavy atom. The quantitative estimate of drug-likeness (QED) is 0.895. The van der Waals surface area contributed by atoms with Crippen molar-refractivity contribution in [1.82, 2.24) is 9.78 Å². The van der Waals surface area contributed by atoms with E-state index in [9.17, 15) is 13.2 Å². The topological polar surface area (TPSA) is 43.8 Å². The molecule has 0 radical (unpaired) electrons. The molecule has 1 heterocycles. The Hall–Kier alpha value is -1.98. The molecule has 0 amide bonds. The number of nitrogens with zero attached hydrogens (tertiary/aromatic N) is 2. The molecule has 1 aromatic carbocycles. The van der Waals surface area contributed by atoms with E-state index in [-0.39, 0.29) is 11.3 Å². The third-order valence-corrected chi connectivity index (χ3v) is 2.65. The van der Waals surface area contributed by atoms with E-state index in [0.717, 1.165) is 6.07 Å². The standard InChI is InChI=1S/C12H12F3N3/c1-2-18-11(10(16)7-17-18)8-5-3-4-6-9(8)12(13,14)15/h3-7H,2,16H2,1H3. The summed E-state index contributed by atoms with van der Waals surface area (Å²) < 4.78 is 40.3. The summed E-state index contributed by atoms with van der Waals surface area (Å²) in [7, 11) is 0. The number of rotatable bonds is 2. The molecule has 0 saturated heterocycles. The highest BCUT2D eigenvalue weighted by Crippen LogP contribution is 2.38. The first-order chi connectivity index (χ1) is 8.45. The zero-order valence-corrected chi connectivity index (χ0v) is 9.70. The average Bonchev–Trinajstić information content (AvgIpc) is 2.69. The van der Waals surface area contributed by atoms with Crippen LogP contribution >= 0.6 is 0 Å². The van der Waals surface area contributed by atoms with Crippen molar-refractivity contribution in [2.75, 3.05) is 5.73 Å². The van der Waals surface area contributed by atoms with Crippen LogP contribution in [0.25, 0.3) is 11.3 Å². The number of nitrogens with two attached hydrogens (primary N) is 1. The Bertz CT molecular complexity index is 558. The van der Waals surface area contributed by atoms with Crippen molar-refractivity contribution in [2.24, 2.45) is 0 Å². The second-order valence-electron chi connectivity index (χ2n) is 3.81. The first-order valence-corrected chi connectivity index (χ1v) is 5.43. The highest BCUT2D eigenvalue weighted by atomic mass is 19.4. The third kappa shape index (κ3) is 2.05. The van der Waals surface area contributed by atoms with Gasteiger partial charge in [0.15, 0.2) is 0 Å². The molecule has 18 heavy (non-hydrogen) atoms. The SMILES string of the molecule is CCn1ncc(N)c1-c1ccccc1C(F)(F)F. The van der Waals surface area contributed by atoms with Gasteiger partial charge >= 0.3 is 6.18 Å². The summed E-state index contributed by atoms with van der Waals surface area (Å²) in [4.78, 5) is 0. The van der Waals surface area contributed by atoms with E-state index in [1.807, 2.05) is 0 Å². The monoisotopic (exact) mass is 255 g/mol. The number of halogens is 3. The van der Waals surface area contributed by atoms with Crippen molar-refractivity contribution in [3.05, 3.63) is 36.0 Å². The second kappa shape index (κ2) is 4.36. The van der Waals surface area contributed by atoms with Crippen LogP contribution in [-0.2, 0) is 12.7 Å². The molecule has 0 aliphatic rings. The molecule has 6 heteroatoms. The number of hydrogen-bond donors (Lipinski definition) is 1. The van der Waals surface area contributed by atoms with E-state index < -0.39 is 11.7 Å². The Kier molecular flexibility index (Phi) is 3.02. The minimum atomic E-state index is -4.41. The van der Waals surface area contributed by atoms with Crippen LogP contribution in [0.2, 0.25) is 0 Å². The largest absolute Gasteiger partial charge is 0.417 e. The number of benzene rings is 1. The smallest absolute Gasteiger partial charge is 0.396 e. The maximum Gasteiger partial charge on any atom is 0.417 e. The molecular weight excluding hydrogens is 243 g/mol. The highest BCUT2D eigenvalue weighted by molar-refractivity contribution is 5.75. The van der Waals surface area contributed by atoms with Crippen LogP contribution in [-0.4, -0.2) is 9.78 Å². The van der Waals surface area contributed by atoms with E-state index in [2.05, 4.69) is 5.10 Å². The van der Waals surface area contributed by atoms with E-state index in [0.29, 0.717) is 12.2 Å². The van der Waals surface area contributed by atoms with Crippen molar-refractivity contribution in [1.29, 1.82) is 0 Å². The van der Waals surface area contributed by atoms with Crippen molar-refractivity contribution in [3.8, 4) is 11.3 Å². The molecular formula is C12H12F3N3. The van der Waals surface area contributed by atoms with Gasteiger partial charge in [0.05, 0.1) is 23.1 Å². The van der Waals surface area contributed by atoms with Crippen molar-refractivity contribution in [3.63, 3.8) is 0 Å². The summed E-state index contributed by atoms with van der Waals surface area (Å²) in [5.74, 6) is 0. The van der Waals surface area contributed by atoms with Gasteiger partial charge in [0, 0.05) is 12.1 Å². The van der Waals surface area contributed by atoms with Crippen LogP contribution in [0.4, 0.5) is 18.9 Å². The normalized spacial score (nSPS) is 11.8. The molecule has 0 atom stereocenters. The number of hydrogen-bond acceptors (Lipinski definition) is 2. The van der Waals surface area contributed by atoms with E-state index in [1.54, 1.807) is 13.0 Å². The summed E-state index contributed by atoms with van der Waals surface area (Å²) >= 11 is 0. The first-order valence-electron chi connectivity index (χ1n) is 5.43. The minimum Gasteiger partial charge on any atom is -0.396 e. The van der Waals surface area contributed by atoms with E-state index >= 15 is 0 Å². The van der Waals surface area contributed by atoms with Gasteiger partial charge in [0.1, 0.15) is 0 Å². The zero-order valence-electron chi connectivity index (χ0n) is 9.70. The molecule has 2 N–H and O–H groups in total. The lowest BCUT2D eigenvalue weighted by Gasteiger charge is -2.14. The Morgan fingerprint density at radius 3 is 2.56 bits per heavy atom. The third-order valence-electron chi connectivity index (χ3n) is 2.65. The highest BCUT2D eigenvalue weighted by Gasteiger charge is 2.34. The average molecular weight is 255 g/mol. The number of nitrogen functional groups attached to an aromatic ring is 1. The predicted octanol–water partition coefficient (Wildman–Crippen LogP) is 3.17. The minimum absolute atomic E-state index is 0.0573. The van der Waals surface area contributed by atoms with Crippen molar-refractivity contribution >= 4 is 5.69 Å². The molecule has 1 aromatic heterocycles. The van der Waals surface area contributed by atoms with Gasteiger partial charge in [-0.2, -0.15) is 18.3 Å². The van der Waals surface area contributed by atoms with Gasteiger partial charge in [-0.05, 0) is 13.0 Å². The fourth-order valence-corrected chi connectivity index (χ4v) is 1.87. The molecule has 0 aliphatic carbocycles. The van der Waals surface area contributed by atoms with Crippen molar-refractivity contribution in [2.45, 2.75) is 19.6 Å². The number of aromatic nitrogens is 2. The van der Waals surface area contributed by atoms with Crippen LogP contribution in [0.1, 0.15) is 12.5 Å². The maximum atomic E-state index is 12.9. The second-order valence-corrected chi connectivity index (χ2v) is 3.81. The summed E-state index contributed by atoms with van der Waals surface area (Å²) in [6.07, 6.45) is -3.04. The fraction of sp³-hybridized carbons (Fsp3) is 0.250. The fourth-order valence-electron chi connectivity index (χ4n) is 1.87. The summed E-state index contributed by atoms with van der Waals surface area (Å²) in [6.45, 7) is 2.25. The van der Waals surface area contributed by atoms with Crippen LogP contribution in [0.15, 0.2) is 30.5 Å². The molecule has 2 rings (SSSR count). The van der Waals surface area contributed by atoms with Crippen molar-refractivity contribution < 1.29 is 13.2 Å². The lowest BCUT2D eigenvalue weighted by atomic mass is 10.0. The maximum absolute atomic E-state index is 12.9. The van der Waals surface area contributed by atoms with Crippen LogP contribution in [0.3, 0.4) is 0 Å². The molecule has 96 valence electrons. The van der Waals surface area contributed by atoms with Gasteiger partial charge in [-0.15, -0.1) is 0 Å². The van der Waals surface area contributed by atoms with E-state index in [1.165, 1.54) is 23.0 Å². The molecule has 0 bridgehead atoms. The number of alkyl halides is 3. The first kappa shape index (κ1) is 12.5. The molecule has 2 aromatic rings. The van der Waals surface area contributed by atoms with Crippen LogP contribution in [0.5, 0.6) is 0 Å². The molecule has 3 nitrogen and oxygen atoms in total. The Labute approximate surface area is 102 Å². The Morgan fingerprint density at radius 1 is 1.28 bits per heavy atom. The molecule has 0 aliphatic heterocycles. The Balaban J connectivity index is 2.68. The van der Waals surface area contributed by atoms with Crippen LogP contribution < -0.4 is 5.73 Å². The van der Waals surface area contributed by atoms with Crippen LogP contribution in [0, 0.1) is 0 Å². The molecule has 0 fully saturated rings. The van der Waals surface area contributed by atoms with Gasteiger partial charge in [0.2, 0.25) is 0 Å². The number of anilines is 1. The summed E-state index contributed by atoms with van der Waals surface area (Å²) in [5.41, 5.74) is 5.62. The lowest BCUT2D eigenvalue weighted by molar-refractivity contribution is -0.137. The number of aryl methyl sites for hydroxylation is 1. The zero-order chi connectivity index (χ0) is 13.3. The lowest BCUT2D eigenvalue weighted by Crippen LogP contribution is -2.09. The van der Waals surface area contributed by atoms with Gasteiger partial charge in [-0.25, -0.2) is 0 Å². The summed E-state index contributed by atoms with van der Waals surface area (Å²) in [6, 6.07) is 5.36. The molecule has 0 spiro atoms. The van der Waals surface area contributed by atoms with E-state index in [4.69, 9.17) is 5.73 Å². The van der Waals surface area contributed by atoms with Gasteiger partial charge in [-0.1, -0.05) is 18.2 Å². The van der Waals surface area contributed by atoms with Gasteiger partial charge in [-0.3, -0.25) is 4.68 Å².